The molecule has 0 radical (unpaired) electrons. The summed E-state index contributed by atoms with van der Waals surface area (Å²) in [6.45, 7) is 0. The van der Waals surface area contributed by atoms with Gasteiger partial charge >= 0.3 is 11.9 Å². The standard InChI is InChI=1S/C8H14O4.C4H5N3/c9-7(10)5-3-1-2-4-6-8(11)12;5-4-3-6-1-2-7-4/h1-6H2,(H,9,10)(H,11,12);1-3H,(H2,5,7). The van der Waals surface area contributed by atoms with Crippen LogP contribution in [0.4, 0.5) is 5.82 Å². The molecule has 4 N–H and O–H groups in total. The average molecular weight is 269 g/mol. The number of carboxylic acid groups (broad SMARTS) is 2. The number of hydrogen-bond donors (Lipinski definition) is 3. The van der Waals surface area contributed by atoms with Crippen LogP contribution in [0.2, 0.25) is 0 Å². The number of nitrogen functional groups attached to an aromatic ring is 1. The Morgan fingerprint density at radius 1 is 1.00 bits per heavy atom. The van der Waals surface area contributed by atoms with Crippen LogP contribution in [0.1, 0.15) is 38.5 Å². The Labute approximate surface area is 111 Å². The fourth-order valence-electron chi connectivity index (χ4n) is 1.22. The number of carbonyl (C=O) groups is 2. The van der Waals surface area contributed by atoms with E-state index in [-0.39, 0.29) is 12.8 Å². The van der Waals surface area contributed by atoms with Gasteiger partial charge in [-0.05, 0) is 12.8 Å². The second kappa shape index (κ2) is 10.9. The summed E-state index contributed by atoms with van der Waals surface area (Å²) in [5.41, 5.74) is 5.18. The van der Waals surface area contributed by atoms with E-state index in [2.05, 4.69) is 9.97 Å². The molecule has 1 aromatic heterocycles. The first kappa shape index (κ1) is 16.8. The Balaban J connectivity index is 0.000000388. The van der Waals surface area contributed by atoms with Gasteiger partial charge in [0.2, 0.25) is 0 Å². The van der Waals surface area contributed by atoms with Gasteiger partial charge < -0.3 is 15.9 Å². The number of anilines is 1. The van der Waals surface area contributed by atoms with Crippen molar-refractivity contribution in [2.24, 2.45) is 0 Å². The van der Waals surface area contributed by atoms with Crippen LogP contribution in [0, 0.1) is 0 Å². The van der Waals surface area contributed by atoms with Crippen LogP contribution < -0.4 is 5.73 Å². The zero-order chi connectivity index (χ0) is 14.5. The summed E-state index contributed by atoms with van der Waals surface area (Å²) in [5.74, 6) is -1.11. The minimum Gasteiger partial charge on any atom is -0.481 e. The molecule has 0 aromatic carbocycles. The number of carboxylic acids is 2. The normalized spacial score (nSPS) is 9.26. The van der Waals surface area contributed by atoms with E-state index in [1.165, 1.54) is 6.20 Å². The van der Waals surface area contributed by atoms with E-state index in [4.69, 9.17) is 15.9 Å². The van der Waals surface area contributed by atoms with Gasteiger partial charge in [0.1, 0.15) is 5.82 Å². The van der Waals surface area contributed by atoms with Crippen LogP contribution in [0.3, 0.4) is 0 Å². The first-order valence-electron chi connectivity index (χ1n) is 5.97. The topological polar surface area (TPSA) is 126 Å². The van der Waals surface area contributed by atoms with Crippen molar-refractivity contribution in [2.75, 3.05) is 5.73 Å². The Kier molecular flexibility index (Phi) is 9.69. The molecule has 106 valence electrons. The lowest BCUT2D eigenvalue weighted by Gasteiger charge is -1.96. The largest absolute Gasteiger partial charge is 0.481 e. The van der Waals surface area contributed by atoms with Crippen molar-refractivity contribution in [1.82, 2.24) is 9.97 Å². The second-order valence-corrected chi connectivity index (χ2v) is 3.83. The molecule has 0 fully saturated rings. The number of rotatable bonds is 7. The monoisotopic (exact) mass is 269 g/mol. The van der Waals surface area contributed by atoms with Gasteiger partial charge in [0.25, 0.3) is 0 Å². The van der Waals surface area contributed by atoms with E-state index < -0.39 is 11.9 Å². The molecule has 0 bridgehead atoms. The summed E-state index contributed by atoms with van der Waals surface area (Å²) < 4.78 is 0. The average Bonchev–Trinajstić information content (AvgIpc) is 2.35. The Hall–Kier alpha value is -2.18. The third kappa shape index (κ3) is 13.8. The summed E-state index contributed by atoms with van der Waals surface area (Å²) in [7, 11) is 0. The number of nitrogens with zero attached hydrogens (tertiary/aromatic N) is 2. The molecule has 0 saturated heterocycles. The Morgan fingerprint density at radius 2 is 1.53 bits per heavy atom. The van der Waals surface area contributed by atoms with Crippen LogP contribution in [0.5, 0.6) is 0 Å². The second-order valence-electron chi connectivity index (χ2n) is 3.83. The molecule has 7 heteroatoms. The minimum absolute atomic E-state index is 0.188. The summed E-state index contributed by atoms with van der Waals surface area (Å²) in [6.07, 6.45) is 7.91. The lowest BCUT2D eigenvalue weighted by Crippen LogP contribution is -1.95. The van der Waals surface area contributed by atoms with Crippen LogP contribution in [-0.4, -0.2) is 32.1 Å². The third-order valence-electron chi connectivity index (χ3n) is 2.11. The van der Waals surface area contributed by atoms with E-state index >= 15 is 0 Å². The predicted molar refractivity (Wildman–Crippen MR) is 69.4 cm³/mol. The molecule has 0 unspecified atom stereocenters. The zero-order valence-corrected chi connectivity index (χ0v) is 10.7. The summed E-state index contributed by atoms with van der Waals surface area (Å²) in [6, 6.07) is 0. The highest BCUT2D eigenvalue weighted by Gasteiger charge is 1.98. The first-order valence-corrected chi connectivity index (χ1v) is 5.97. The third-order valence-corrected chi connectivity index (χ3v) is 2.11. The molecule has 7 nitrogen and oxygen atoms in total. The summed E-state index contributed by atoms with van der Waals surface area (Å²) in [4.78, 5) is 27.5. The van der Waals surface area contributed by atoms with E-state index in [1.54, 1.807) is 12.4 Å². The van der Waals surface area contributed by atoms with Crippen molar-refractivity contribution in [2.45, 2.75) is 38.5 Å². The Morgan fingerprint density at radius 3 is 1.79 bits per heavy atom. The van der Waals surface area contributed by atoms with Crippen LogP contribution in [0.25, 0.3) is 0 Å². The van der Waals surface area contributed by atoms with Crippen LogP contribution in [0.15, 0.2) is 18.6 Å². The maximum Gasteiger partial charge on any atom is 0.303 e. The zero-order valence-electron chi connectivity index (χ0n) is 10.7. The highest BCUT2D eigenvalue weighted by molar-refractivity contribution is 5.66. The predicted octanol–water partition coefficient (Wildman–Crippen LogP) is 1.55. The van der Waals surface area contributed by atoms with Gasteiger partial charge in [-0.3, -0.25) is 14.6 Å². The summed E-state index contributed by atoms with van der Waals surface area (Å²) in [5, 5.41) is 16.5. The van der Waals surface area contributed by atoms with E-state index in [0.29, 0.717) is 18.7 Å². The fourth-order valence-corrected chi connectivity index (χ4v) is 1.22. The van der Waals surface area contributed by atoms with Gasteiger partial charge in [-0.15, -0.1) is 0 Å². The first-order chi connectivity index (χ1) is 9.02. The molecule has 0 amide bonds. The van der Waals surface area contributed by atoms with Gasteiger partial charge in [-0.2, -0.15) is 0 Å². The fraction of sp³-hybridized carbons (Fsp3) is 0.500. The van der Waals surface area contributed by atoms with Gasteiger partial charge in [0.15, 0.2) is 0 Å². The molecule has 0 atom stereocenters. The number of aliphatic carboxylic acids is 2. The molecule has 1 aromatic rings. The van der Waals surface area contributed by atoms with E-state index in [9.17, 15) is 9.59 Å². The SMILES string of the molecule is Nc1cnccn1.O=C(O)CCCCCCC(=O)O. The maximum absolute atomic E-state index is 10.0. The highest BCUT2D eigenvalue weighted by atomic mass is 16.4. The van der Waals surface area contributed by atoms with Crippen LogP contribution in [-0.2, 0) is 9.59 Å². The molecular formula is C12H19N3O4. The van der Waals surface area contributed by atoms with Crippen molar-refractivity contribution in [3.8, 4) is 0 Å². The summed E-state index contributed by atoms with van der Waals surface area (Å²) >= 11 is 0. The molecule has 1 heterocycles. The number of aromatic nitrogens is 2. The van der Waals surface area contributed by atoms with Gasteiger partial charge in [0, 0.05) is 25.2 Å². The van der Waals surface area contributed by atoms with Crippen molar-refractivity contribution in [3.63, 3.8) is 0 Å². The number of unbranched alkanes of at least 4 members (excludes halogenated alkanes) is 3. The number of nitrogens with two attached hydrogens (primary N) is 1. The molecule has 0 aliphatic rings. The smallest absolute Gasteiger partial charge is 0.303 e. The maximum atomic E-state index is 10.0. The van der Waals surface area contributed by atoms with Crippen molar-refractivity contribution < 1.29 is 19.8 Å². The molecule has 0 aliphatic heterocycles. The minimum atomic E-state index is -0.784. The van der Waals surface area contributed by atoms with Gasteiger partial charge in [-0.1, -0.05) is 12.8 Å². The lowest BCUT2D eigenvalue weighted by atomic mass is 10.1. The molecule has 0 spiro atoms. The van der Waals surface area contributed by atoms with E-state index in [0.717, 1.165) is 12.8 Å². The van der Waals surface area contributed by atoms with Crippen molar-refractivity contribution in [3.05, 3.63) is 18.6 Å². The van der Waals surface area contributed by atoms with Gasteiger partial charge in [-0.25, -0.2) is 4.98 Å². The molecule has 0 saturated carbocycles. The molecular weight excluding hydrogens is 250 g/mol. The van der Waals surface area contributed by atoms with Crippen LogP contribution >= 0.6 is 0 Å². The van der Waals surface area contributed by atoms with E-state index in [1.807, 2.05) is 0 Å². The van der Waals surface area contributed by atoms with Crippen molar-refractivity contribution >= 4 is 17.8 Å². The number of hydrogen-bond acceptors (Lipinski definition) is 5. The van der Waals surface area contributed by atoms with Gasteiger partial charge in [0.05, 0.1) is 6.20 Å². The van der Waals surface area contributed by atoms with Crippen molar-refractivity contribution in [1.29, 1.82) is 0 Å². The lowest BCUT2D eigenvalue weighted by molar-refractivity contribution is -0.138. The highest BCUT2D eigenvalue weighted by Crippen LogP contribution is 2.04. The molecule has 19 heavy (non-hydrogen) atoms. The quantitative estimate of drug-likeness (QED) is 0.641. The Bertz CT molecular complexity index is 352. The molecule has 0 aliphatic carbocycles. The molecule has 1 rings (SSSR count).